The predicted octanol–water partition coefficient (Wildman–Crippen LogP) is 2.66. The van der Waals surface area contributed by atoms with Gasteiger partial charge in [-0.25, -0.2) is 4.98 Å². The second-order valence-corrected chi connectivity index (χ2v) is 8.04. The normalized spacial score (nSPS) is 20.3. The molecule has 2 aliphatic rings. The van der Waals surface area contributed by atoms with E-state index >= 15 is 0 Å². The highest BCUT2D eigenvalue weighted by Gasteiger charge is 2.42. The monoisotopic (exact) mass is 427 g/mol. The number of piperidine rings is 1. The third kappa shape index (κ3) is 5.07. The minimum atomic E-state index is -0.241. The number of nitrogens with zero attached hydrogens (tertiary/aromatic N) is 3. The Balaban J connectivity index is 1.34. The molecule has 2 aromatic rings. The van der Waals surface area contributed by atoms with Gasteiger partial charge in [0.05, 0.1) is 39.0 Å². The molecule has 4 rings (SSSR count). The van der Waals surface area contributed by atoms with Gasteiger partial charge in [0.2, 0.25) is 11.8 Å². The molecule has 8 nitrogen and oxygen atoms in total. The van der Waals surface area contributed by atoms with E-state index in [9.17, 15) is 4.79 Å². The molecule has 0 saturated carbocycles. The van der Waals surface area contributed by atoms with Crippen molar-refractivity contribution in [2.24, 2.45) is 0 Å². The standard InChI is InChI=1S/C23H29N3O5/c1-28-18-3-4-20(29-2)17(13-18)14-22(27)26-10-6-23(7-11-26)15-19(5-12-30-23)31-21-16-24-8-9-25-21/h3-4,8-9,13,16,19H,5-7,10-12,14-15H2,1-2H3. The summed E-state index contributed by atoms with van der Waals surface area (Å²) in [5.74, 6) is 2.04. The molecule has 31 heavy (non-hydrogen) atoms. The summed E-state index contributed by atoms with van der Waals surface area (Å²) in [5.41, 5.74) is 0.591. The lowest BCUT2D eigenvalue weighted by Gasteiger charge is -2.45. The van der Waals surface area contributed by atoms with Crippen LogP contribution in [0.2, 0.25) is 0 Å². The predicted molar refractivity (Wildman–Crippen MR) is 113 cm³/mol. The van der Waals surface area contributed by atoms with Crippen LogP contribution in [-0.4, -0.2) is 66.4 Å². The molecule has 3 heterocycles. The number of rotatable bonds is 6. The van der Waals surface area contributed by atoms with Gasteiger partial charge in [0, 0.05) is 43.9 Å². The molecule has 0 bridgehead atoms. The van der Waals surface area contributed by atoms with Crippen molar-refractivity contribution in [2.75, 3.05) is 33.9 Å². The Bertz CT molecular complexity index is 884. The van der Waals surface area contributed by atoms with Crippen molar-refractivity contribution in [1.82, 2.24) is 14.9 Å². The molecule has 0 radical (unpaired) electrons. The van der Waals surface area contributed by atoms with E-state index in [4.69, 9.17) is 18.9 Å². The fourth-order valence-electron chi connectivity index (χ4n) is 4.41. The van der Waals surface area contributed by atoms with Gasteiger partial charge in [-0.15, -0.1) is 0 Å². The lowest BCUT2D eigenvalue weighted by Crippen LogP contribution is -2.52. The van der Waals surface area contributed by atoms with Gasteiger partial charge in [0.1, 0.15) is 17.6 Å². The Hall–Kier alpha value is -2.87. The van der Waals surface area contributed by atoms with Crippen molar-refractivity contribution >= 4 is 5.91 Å². The summed E-state index contributed by atoms with van der Waals surface area (Å²) in [6.07, 6.45) is 8.46. The first kappa shape index (κ1) is 21.4. The Morgan fingerprint density at radius 1 is 1.23 bits per heavy atom. The van der Waals surface area contributed by atoms with Crippen LogP contribution in [0.5, 0.6) is 17.4 Å². The molecule has 1 amide bonds. The number of hydrogen-bond donors (Lipinski definition) is 0. The molecule has 2 saturated heterocycles. The lowest BCUT2D eigenvalue weighted by atomic mass is 9.83. The lowest BCUT2D eigenvalue weighted by molar-refractivity contribution is -0.151. The van der Waals surface area contributed by atoms with Gasteiger partial charge in [-0.2, -0.15) is 0 Å². The third-order valence-electron chi connectivity index (χ3n) is 6.13. The van der Waals surface area contributed by atoms with Gasteiger partial charge < -0.3 is 23.8 Å². The van der Waals surface area contributed by atoms with Crippen LogP contribution in [0.1, 0.15) is 31.2 Å². The number of ether oxygens (including phenoxy) is 4. The van der Waals surface area contributed by atoms with Crippen LogP contribution in [0.4, 0.5) is 0 Å². The Morgan fingerprint density at radius 3 is 2.77 bits per heavy atom. The highest BCUT2D eigenvalue weighted by atomic mass is 16.5. The maximum Gasteiger partial charge on any atom is 0.232 e. The van der Waals surface area contributed by atoms with Crippen LogP contribution in [0.3, 0.4) is 0 Å². The smallest absolute Gasteiger partial charge is 0.232 e. The van der Waals surface area contributed by atoms with Crippen LogP contribution in [0.15, 0.2) is 36.8 Å². The van der Waals surface area contributed by atoms with E-state index in [2.05, 4.69) is 9.97 Å². The second-order valence-electron chi connectivity index (χ2n) is 8.04. The summed E-state index contributed by atoms with van der Waals surface area (Å²) in [6.45, 7) is 1.99. The number of carbonyl (C=O) groups excluding carboxylic acids is 1. The highest BCUT2D eigenvalue weighted by Crippen LogP contribution is 2.36. The molecular weight excluding hydrogens is 398 g/mol. The van der Waals surface area contributed by atoms with E-state index in [1.54, 1.807) is 32.8 Å². The van der Waals surface area contributed by atoms with Crippen molar-refractivity contribution < 1.29 is 23.7 Å². The largest absolute Gasteiger partial charge is 0.497 e. The number of methoxy groups -OCH3 is 2. The molecule has 2 aliphatic heterocycles. The van der Waals surface area contributed by atoms with E-state index in [-0.39, 0.29) is 24.0 Å². The van der Waals surface area contributed by atoms with E-state index in [1.165, 1.54) is 0 Å². The number of amides is 1. The molecule has 1 unspecified atom stereocenters. The minimum absolute atomic E-state index is 0.0498. The van der Waals surface area contributed by atoms with Gasteiger partial charge in [0.15, 0.2) is 0 Å². The number of carbonyl (C=O) groups is 1. The number of likely N-dealkylation sites (tertiary alicyclic amines) is 1. The summed E-state index contributed by atoms with van der Waals surface area (Å²) in [4.78, 5) is 23.1. The van der Waals surface area contributed by atoms with Gasteiger partial charge in [0.25, 0.3) is 0 Å². The van der Waals surface area contributed by atoms with Gasteiger partial charge in [-0.3, -0.25) is 9.78 Å². The summed E-state index contributed by atoms with van der Waals surface area (Å²) in [7, 11) is 3.23. The van der Waals surface area contributed by atoms with Gasteiger partial charge in [-0.05, 0) is 31.0 Å². The first-order valence-corrected chi connectivity index (χ1v) is 10.7. The van der Waals surface area contributed by atoms with Crippen molar-refractivity contribution in [3.05, 3.63) is 42.4 Å². The fraction of sp³-hybridized carbons (Fsp3) is 0.522. The van der Waals surface area contributed by atoms with Crippen molar-refractivity contribution in [3.63, 3.8) is 0 Å². The number of aromatic nitrogens is 2. The van der Waals surface area contributed by atoms with Crippen LogP contribution in [-0.2, 0) is 16.0 Å². The van der Waals surface area contributed by atoms with E-state index in [0.29, 0.717) is 37.1 Å². The molecule has 1 atom stereocenters. The topological polar surface area (TPSA) is 83.0 Å². The molecule has 1 aromatic heterocycles. The maximum absolute atomic E-state index is 13.0. The molecule has 1 spiro atoms. The summed E-state index contributed by atoms with van der Waals surface area (Å²) < 4.78 is 22.9. The van der Waals surface area contributed by atoms with E-state index in [1.807, 2.05) is 23.1 Å². The van der Waals surface area contributed by atoms with Crippen LogP contribution < -0.4 is 14.2 Å². The summed E-state index contributed by atoms with van der Waals surface area (Å²) in [6, 6.07) is 5.53. The molecular formula is C23H29N3O5. The summed E-state index contributed by atoms with van der Waals surface area (Å²) in [5, 5.41) is 0. The Kier molecular flexibility index (Phi) is 6.56. The summed E-state index contributed by atoms with van der Waals surface area (Å²) >= 11 is 0. The fourth-order valence-corrected chi connectivity index (χ4v) is 4.41. The van der Waals surface area contributed by atoms with Crippen molar-refractivity contribution in [1.29, 1.82) is 0 Å². The van der Waals surface area contributed by atoms with Crippen LogP contribution >= 0.6 is 0 Å². The molecule has 8 heteroatoms. The quantitative estimate of drug-likeness (QED) is 0.701. The molecule has 166 valence electrons. The zero-order chi connectivity index (χ0) is 21.7. The third-order valence-corrected chi connectivity index (χ3v) is 6.13. The van der Waals surface area contributed by atoms with Gasteiger partial charge >= 0.3 is 0 Å². The Labute approximate surface area is 182 Å². The van der Waals surface area contributed by atoms with Crippen LogP contribution in [0.25, 0.3) is 0 Å². The zero-order valence-electron chi connectivity index (χ0n) is 18.1. The molecule has 2 fully saturated rings. The first-order chi connectivity index (χ1) is 15.1. The van der Waals surface area contributed by atoms with E-state index < -0.39 is 0 Å². The maximum atomic E-state index is 13.0. The number of hydrogen-bond acceptors (Lipinski definition) is 7. The van der Waals surface area contributed by atoms with Crippen molar-refractivity contribution in [3.8, 4) is 17.4 Å². The first-order valence-electron chi connectivity index (χ1n) is 10.7. The van der Waals surface area contributed by atoms with Crippen LogP contribution in [0, 0.1) is 0 Å². The number of benzene rings is 1. The minimum Gasteiger partial charge on any atom is -0.497 e. The second kappa shape index (κ2) is 9.51. The average molecular weight is 428 g/mol. The molecule has 1 aromatic carbocycles. The van der Waals surface area contributed by atoms with Crippen molar-refractivity contribution in [2.45, 2.75) is 43.8 Å². The molecule has 0 aliphatic carbocycles. The van der Waals surface area contributed by atoms with Gasteiger partial charge in [-0.1, -0.05) is 0 Å². The average Bonchev–Trinajstić information content (AvgIpc) is 2.80. The highest BCUT2D eigenvalue weighted by molar-refractivity contribution is 5.79. The van der Waals surface area contributed by atoms with E-state index in [0.717, 1.165) is 31.2 Å². The Morgan fingerprint density at radius 2 is 2.06 bits per heavy atom. The zero-order valence-corrected chi connectivity index (χ0v) is 18.1. The molecule has 0 N–H and O–H groups in total. The SMILES string of the molecule is COc1ccc(OC)c(CC(=O)N2CCC3(CC2)CC(Oc2cnccn2)CCO3)c1.